The van der Waals surface area contributed by atoms with Crippen LogP contribution in [0.4, 0.5) is 11.4 Å². The standard InChI is InChI=1S/C12H18ClN3/c1-15(2)12-9-10(3-4-11(12)13)16-7-5-14-6-8-16/h3-4,9,14H,5-8H2,1-2H3. The molecule has 88 valence electrons. The van der Waals surface area contributed by atoms with Gasteiger partial charge in [0.2, 0.25) is 0 Å². The van der Waals surface area contributed by atoms with Gasteiger partial charge in [0.15, 0.2) is 0 Å². The summed E-state index contributed by atoms with van der Waals surface area (Å²) in [4.78, 5) is 4.44. The lowest BCUT2D eigenvalue weighted by atomic mass is 10.2. The number of halogens is 1. The molecule has 1 aromatic rings. The highest BCUT2D eigenvalue weighted by molar-refractivity contribution is 6.33. The van der Waals surface area contributed by atoms with Crippen molar-refractivity contribution in [1.29, 1.82) is 0 Å². The molecule has 0 amide bonds. The first-order chi connectivity index (χ1) is 7.68. The van der Waals surface area contributed by atoms with E-state index in [0.29, 0.717) is 0 Å². The van der Waals surface area contributed by atoms with E-state index < -0.39 is 0 Å². The number of piperazine rings is 1. The lowest BCUT2D eigenvalue weighted by Crippen LogP contribution is -2.43. The lowest BCUT2D eigenvalue weighted by Gasteiger charge is -2.30. The van der Waals surface area contributed by atoms with E-state index in [1.54, 1.807) is 0 Å². The topological polar surface area (TPSA) is 18.5 Å². The minimum Gasteiger partial charge on any atom is -0.376 e. The summed E-state index contributed by atoms with van der Waals surface area (Å²) >= 11 is 6.16. The number of hydrogen-bond donors (Lipinski definition) is 1. The van der Waals surface area contributed by atoms with E-state index in [9.17, 15) is 0 Å². The maximum absolute atomic E-state index is 6.16. The van der Waals surface area contributed by atoms with Gasteiger partial charge in [0.25, 0.3) is 0 Å². The average molecular weight is 240 g/mol. The van der Waals surface area contributed by atoms with Gasteiger partial charge in [-0.25, -0.2) is 0 Å². The third kappa shape index (κ3) is 2.42. The quantitative estimate of drug-likeness (QED) is 0.850. The summed E-state index contributed by atoms with van der Waals surface area (Å²) in [6.07, 6.45) is 0. The molecule has 0 aromatic heterocycles. The molecule has 0 atom stereocenters. The summed E-state index contributed by atoms with van der Waals surface area (Å²) in [5.74, 6) is 0. The lowest BCUT2D eigenvalue weighted by molar-refractivity contribution is 0.589. The average Bonchev–Trinajstić information content (AvgIpc) is 2.30. The summed E-state index contributed by atoms with van der Waals surface area (Å²) in [5, 5.41) is 4.16. The fourth-order valence-electron chi connectivity index (χ4n) is 1.96. The molecule has 0 bridgehead atoms. The molecular formula is C12H18ClN3. The summed E-state index contributed by atoms with van der Waals surface area (Å²) in [5.41, 5.74) is 2.34. The van der Waals surface area contributed by atoms with Crippen LogP contribution in [0.5, 0.6) is 0 Å². The van der Waals surface area contributed by atoms with Crippen molar-refractivity contribution in [2.75, 3.05) is 50.1 Å². The van der Waals surface area contributed by atoms with Crippen molar-refractivity contribution >= 4 is 23.0 Å². The molecule has 0 unspecified atom stereocenters. The Bertz CT molecular complexity index is 359. The molecule has 4 heteroatoms. The van der Waals surface area contributed by atoms with Gasteiger partial charge in [0.05, 0.1) is 10.7 Å². The van der Waals surface area contributed by atoms with Crippen molar-refractivity contribution in [1.82, 2.24) is 5.32 Å². The highest BCUT2D eigenvalue weighted by Crippen LogP contribution is 2.29. The predicted octanol–water partition coefficient (Wildman–Crippen LogP) is 1.82. The molecule has 1 aliphatic rings. The van der Waals surface area contributed by atoms with Crippen molar-refractivity contribution in [2.45, 2.75) is 0 Å². The number of nitrogens with one attached hydrogen (secondary N) is 1. The van der Waals surface area contributed by atoms with Gasteiger partial charge in [-0.2, -0.15) is 0 Å². The first-order valence-electron chi connectivity index (χ1n) is 5.61. The van der Waals surface area contributed by atoms with Crippen molar-refractivity contribution in [3.8, 4) is 0 Å². The highest BCUT2D eigenvalue weighted by Gasteiger charge is 2.12. The number of hydrogen-bond acceptors (Lipinski definition) is 3. The second kappa shape index (κ2) is 4.93. The zero-order valence-electron chi connectivity index (χ0n) is 9.83. The van der Waals surface area contributed by atoms with Crippen LogP contribution in [-0.2, 0) is 0 Å². The molecule has 0 saturated carbocycles. The Kier molecular flexibility index (Phi) is 3.56. The molecule has 2 rings (SSSR count). The monoisotopic (exact) mass is 239 g/mol. The van der Waals surface area contributed by atoms with E-state index in [2.05, 4.69) is 22.3 Å². The summed E-state index contributed by atoms with van der Waals surface area (Å²) in [6, 6.07) is 6.24. The van der Waals surface area contributed by atoms with E-state index in [1.807, 2.05) is 25.1 Å². The molecule has 16 heavy (non-hydrogen) atoms. The van der Waals surface area contributed by atoms with Gasteiger partial charge in [0, 0.05) is 46.0 Å². The van der Waals surface area contributed by atoms with Crippen molar-refractivity contribution in [2.24, 2.45) is 0 Å². The van der Waals surface area contributed by atoms with E-state index in [0.717, 1.165) is 36.9 Å². The molecule has 1 fully saturated rings. The van der Waals surface area contributed by atoms with E-state index in [1.165, 1.54) is 5.69 Å². The highest BCUT2D eigenvalue weighted by atomic mass is 35.5. The minimum atomic E-state index is 0.809. The van der Waals surface area contributed by atoms with Gasteiger partial charge < -0.3 is 15.1 Å². The molecular weight excluding hydrogens is 222 g/mol. The molecule has 0 radical (unpaired) electrons. The molecule has 3 nitrogen and oxygen atoms in total. The third-order valence-electron chi connectivity index (χ3n) is 2.89. The normalized spacial score (nSPS) is 16.3. The summed E-state index contributed by atoms with van der Waals surface area (Å²) in [6.45, 7) is 4.24. The summed E-state index contributed by atoms with van der Waals surface area (Å²) < 4.78 is 0. The second-order valence-electron chi connectivity index (χ2n) is 4.27. The van der Waals surface area contributed by atoms with Gasteiger partial charge in [-0.05, 0) is 18.2 Å². The maximum Gasteiger partial charge on any atom is 0.0640 e. The van der Waals surface area contributed by atoms with Crippen LogP contribution in [0.15, 0.2) is 18.2 Å². The van der Waals surface area contributed by atoms with E-state index in [4.69, 9.17) is 11.6 Å². The Morgan fingerprint density at radius 1 is 1.25 bits per heavy atom. The van der Waals surface area contributed by atoms with Crippen LogP contribution in [0.1, 0.15) is 0 Å². The van der Waals surface area contributed by atoms with Gasteiger partial charge in [-0.3, -0.25) is 0 Å². The zero-order chi connectivity index (χ0) is 11.5. The smallest absolute Gasteiger partial charge is 0.0640 e. The Morgan fingerprint density at radius 2 is 1.94 bits per heavy atom. The minimum absolute atomic E-state index is 0.809. The Hall–Kier alpha value is -0.930. The van der Waals surface area contributed by atoms with Crippen molar-refractivity contribution in [3.05, 3.63) is 23.2 Å². The van der Waals surface area contributed by atoms with Crippen LogP contribution < -0.4 is 15.1 Å². The fourth-order valence-corrected chi connectivity index (χ4v) is 2.25. The number of anilines is 2. The molecule has 1 saturated heterocycles. The second-order valence-corrected chi connectivity index (χ2v) is 4.67. The Labute approximate surface area is 102 Å². The largest absolute Gasteiger partial charge is 0.376 e. The molecule has 1 aliphatic heterocycles. The Balaban J connectivity index is 2.24. The van der Waals surface area contributed by atoms with Gasteiger partial charge in [-0.1, -0.05) is 11.6 Å². The zero-order valence-corrected chi connectivity index (χ0v) is 10.6. The Morgan fingerprint density at radius 3 is 2.56 bits per heavy atom. The summed E-state index contributed by atoms with van der Waals surface area (Å²) in [7, 11) is 4.03. The van der Waals surface area contributed by atoms with Gasteiger partial charge >= 0.3 is 0 Å². The van der Waals surface area contributed by atoms with Crippen LogP contribution in [0.2, 0.25) is 5.02 Å². The maximum atomic E-state index is 6.16. The van der Waals surface area contributed by atoms with Crippen molar-refractivity contribution < 1.29 is 0 Å². The molecule has 0 spiro atoms. The van der Waals surface area contributed by atoms with Gasteiger partial charge in [0.1, 0.15) is 0 Å². The number of nitrogens with zero attached hydrogens (tertiary/aromatic N) is 2. The molecule has 0 aliphatic carbocycles. The third-order valence-corrected chi connectivity index (χ3v) is 3.21. The van der Waals surface area contributed by atoms with Crippen LogP contribution >= 0.6 is 11.6 Å². The first kappa shape index (κ1) is 11.6. The number of benzene rings is 1. The van der Waals surface area contributed by atoms with Crippen LogP contribution in [-0.4, -0.2) is 40.3 Å². The van der Waals surface area contributed by atoms with Gasteiger partial charge in [-0.15, -0.1) is 0 Å². The van der Waals surface area contributed by atoms with E-state index >= 15 is 0 Å². The SMILES string of the molecule is CN(C)c1cc(N2CCNCC2)ccc1Cl. The van der Waals surface area contributed by atoms with Crippen molar-refractivity contribution in [3.63, 3.8) is 0 Å². The fraction of sp³-hybridized carbons (Fsp3) is 0.500. The first-order valence-corrected chi connectivity index (χ1v) is 5.99. The number of rotatable bonds is 2. The molecule has 1 heterocycles. The molecule has 1 aromatic carbocycles. The predicted molar refractivity (Wildman–Crippen MR) is 70.9 cm³/mol. The van der Waals surface area contributed by atoms with Crippen LogP contribution in [0.25, 0.3) is 0 Å². The van der Waals surface area contributed by atoms with Crippen LogP contribution in [0, 0.1) is 0 Å². The molecule has 1 N–H and O–H groups in total. The van der Waals surface area contributed by atoms with Crippen LogP contribution in [0.3, 0.4) is 0 Å². The van der Waals surface area contributed by atoms with E-state index in [-0.39, 0.29) is 0 Å².